The lowest BCUT2D eigenvalue weighted by atomic mass is 10.1. The molecular formula is C6H13NO2. The molecule has 54 valence electrons. The second-order valence-corrected chi connectivity index (χ2v) is 2.29. The van der Waals surface area contributed by atoms with Crippen LogP contribution < -0.4 is 5.73 Å². The van der Waals surface area contributed by atoms with E-state index in [-0.39, 0.29) is 18.4 Å². The number of aliphatic hydroxyl groups excluding tert-OH is 1. The summed E-state index contributed by atoms with van der Waals surface area (Å²) in [4.78, 5) is 10.2. The Labute approximate surface area is 54.9 Å². The molecule has 0 heterocycles. The van der Waals surface area contributed by atoms with Crippen molar-refractivity contribution in [2.45, 2.75) is 19.8 Å². The molecule has 1 amide bonds. The first kappa shape index (κ1) is 8.43. The number of nitrogens with two attached hydrogens (primary N) is 1. The fourth-order valence-corrected chi connectivity index (χ4v) is 0.480. The summed E-state index contributed by atoms with van der Waals surface area (Å²) in [5.74, 6) is -0.104. The Hall–Kier alpha value is -0.570. The van der Waals surface area contributed by atoms with Crippen LogP contribution in [0.4, 0.5) is 0 Å². The molecule has 0 aromatic carbocycles. The summed E-state index contributed by atoms with van der Waals surface area (Å²) < 4.78 is 0. The minimum absolute atomic E-state index is 0.132. The zero-order valence-electron chi connectivity index (χ0n) is 5.63. The lowest BCUT2D eigenvalue weighted by Crippen LogP contribution is -2.12. The van der Waals surface area contributed by atoms with Gasteiger partial charge < -0.3 is 10.8 Å². The van der Waals surface area contributed by atoms with Crippen LogP contribution in [0.15, 0.2) is 0 Å². The van der Waals surface area contributed by atoms with Crippen LogP contribution in [0.1, 0.15) is 19.8 Å². The highest BCUT2D eigenvalue weighted by Crippen LogP contribution is 2.02. The van der Waals surface area contributed by atoms with Gasteiger partial charge >= 0.3 is 0 Å². The summed E-state index contributed by atoms with van der Waals surface area (Å²) >= 11 is 0. The average Bonchev–Trinajstić information content (AvgIpc) is 1.83. The Bertz CT molecular complexity index is 93.1. The van der Waals surface area contributed by atoms with Crippen LogP contribution in [0, 0.1) is 5.92 Å². The number of aliphatic hydroxyl groups is 1. The van der Waals surface area contributed by atoms with Gasteiger partial charge in [-0.25, -0.2) is 0 Å². The Kier molecular flexibility index (Phi) is 4.05. The van der Waals surface area contributed by atoms with E-state index in [2.05, 4.69) is 0 Å². The van der Waals surface area contributed by atoms with Gasteiger partial charge in [-0.05, 0) is 12.3 Å². The highest BCUT2D eigenvalue weighted by molar-refractivity contribution is 5.73. The zero-order chi connectivity index (χ0) is 7.28. The van der Waals surface area contributed by atoms with Crippen LogP contribution in [0.2, 0.25) is 0 Å². The average molecular weight is 131 g/mol. The molecule has 0 bridgehead atoms. The number of carbonyl (C=O) groups excluding carboxylic acids is 1. The zero-order valence-corrected chi connectivity index (χ0v) is 5.63. The van der Waals surface area contributed by atoms with Crippen molar-refractivity contribution in [1.29, 1.82) is 0 Å². The van der Waals surface area contributed by atoms with Gasteiger partial charge in [0.15, 0.2) is 0 Å². The minimum Gasteiger partial charge on any atom is -0.396 e. The molecule has 0 fully saturated rings. The van der Waals surface area contributed by atoms with Crippen molar-refractivity contribution in [3.63, 3.8) is 0 Å². The monoisotopic (exact) mass is 131 g/mol. The van der Waals surface area contributed by atoms with E-state index in [4.69, 9.17) is 10.8 Å². The largest absolute Gasteiger partial charge is 0.396 e. The second-order valence-electron chi connectivity index (χ2n) is 2.29. The standard InChI is InChI=1S/C6H13NO2/c1-5(4-8)2-3-6(7)9/h5,8H,2-4H2,1H3,(H2,7,9)/t5-/m0/s1. The molecule has 3 heteroatoms. The maximum Gasteiger partial charge on any atom is 0.217 e. The van der Waals surface area contributed by atoms with Gasteiger partial charge in [0, 0.05) is 13.0 Å². The molecule has 0 spiro atoms. The normalized spacial score (nSPS) is 13.1. The summed E-state index contributed by atoms with van der Waals surface area (Å²) in [5, 5.41) is 8.50. The van der Waals surface area contributed by atoms with E-state index in [1.807, 2.05) is 6.92 Å². The minimum atomic E-state index is -0.296. The van der Waals surface area contributed by atoms with E-state index < -0.39 is 0 Å². The van der Waals surface area contributed by atoms with Crippen LogP contribution in [0.5, 0.6) is 0 Å². The Morgan fingerprint density at radius 3 is 2.67 bits per heavy atom. The van der Waals surface area contributed by atoms with E-state index in [1.165, 1.54) is 0 Å². The molecule has 0 aliphatic heterocycles. The lowest BCUT2D eigenvalue weighted by Gasteiger charge is -2.03. The van der Waals surface area contributed by atoms with Gasteiger partial charge in [-0.1, -0.05) is 6.92 Å². The van der Waals surface area contributed by atoms with E-state index in [0.29, 0.717) is 12.8 Å². The number of hydrogen-bond acceptors (Lipinski definition) is 2. The smallest absolute Gasteiger partial charge is 0.217 e. The molecule has 0 aromatic heterocycles. The van der Waals surface area contributed by atoms with E-state index >= 15 is 0 Å². The predicted octanol–water partition coefficient (Wildman–Crippen LogP) is -0.120. The SMILES string of the molecule is C[C@H](CO)CCC(N)=O. The molecule has 0 radical (unpaired) electrons. The Balaban J connectivity index is 3.16. The molecule has 0 unspecified atom stereocenters. The first-order valence-electron chi connectivity index (χ1n) is 3.06. The number of rotatable bonds is 4. The maximum absolute atomic E-state index is 10.2. The van der Waals surface area contributed by atoms with Crippen LogP contribution in [0.3, 0.4) is 0 Å². The number of hydrogen-bond donors (Lipinski definition) is 2. The maximum atomic E-state index is 10.2. The number of amides is 1. The third-order valence-electron chi connectivity index (χ3n) is 1.20. The molecule has 0 saturated carbocycles. The third kappa shape index (κ3) is 5.30. The molecule has 3 N–H and O–H groups in total. The van der Waals surface area contributed by atoms with Gasteiger partial charge in [0.25, 0.3) is 0 Å². The quantitative estimate of drug-likeness (QED) is 0.558. The van der Waals surface area contributed by atoms with E-state index in [9.17, 15) is 4.79 Å². The highest BCUT2D eigenvalue weighted by atomic mass is 16.3. The fourth-order valence-electron chi connectivity index (χ4n) is 0.480. The van der Waals surface area contributed by atoms with Gasteiger partial charge in [-0.2, -0.15) is 0 Å². The van der Waals surface area contributed by atoms with E-state index in [0.717, 1.165) is 0 Å². The summed E-state index contributed by atoms with van der Waals surface area (Å²) in [6.07, 6.45) is 1.06. The molecule has 3 nitrogen and oxygen atoms in total. The van der Waals surface area contributed by atoms with Crippen molar-refractivity contribution in [3.8, 4) is 0 Å². The molecule has 0 rings (SSSR count). The third-order valence-corrected chi connectivity index (χ3v) is 1.20. The van der Waals surface area contributed by atoms with Gasteiger partial charge in [0.2, 0.25) is 5.91 Å². The molecule has 9 heavy (non-hydrogen) atoms. The number of carbonyl (C=O) groups is 1. The lowest BCUT2D eigenvalue weighted by molar-refractivity contribution is -0.118. The van der Waals surface area contributed by atoms with Crippen molar-refractivity contribution in [3.05, 3.63) is 0 Å². The Morgan fingerprint density at radius 2 is 2.33 bits per heavy atom. The van der Waals surface area contributed by atoms with Crippen molar-refractivity contribution in [1.82, 2.24) is 0 Å². The van der Waals surface area contributed by atoms with Gasteiger partial charge in [-0.3, -0.25) is 4.79 Å². The van der Waals surface area contributed by atoms with Crippen molar-refractivity contribution in [2.75, 3.05) is 6.61 Å². The van der Waals surface area contributed by atoms with Crippen LogP contribution in [-0.2, 0) is 4.79 Å². The van der Waals surface area contributed by atoms with Crippen molar-refractivity contribution < 1.29 is 9.90 Å². The summed E-state index contributed by atoms with van der Waals surface area (Å²) in [7, 11) is 0. The highest BCUT2D eigenvalue weighted by Gasteiger charge is 2.00. The molecule has 0 saturated heterocycles. The molecular weight excluding hydrogens is 118 g/mol. The molecule has 1 atom stereocenters. The number of primary amides is 1. The Morgan fingerprint density at radius 1 is 1.78 bits per heavy atom. The van der Waals surface area contributed by atoms with E-state index in [1.54, 1.807) is 0 Å². The van der Waals surface area contributed by atoms with Gasteiger partial charge in [-0.15, -0.1) is 0 Å². The summed E-state index contributed by atoms with van der Waals surface area (Å²) in [5.41, 5.74) is 4.87. The first-order chi connectivity index (χ1) is 4.16. The molecule has 0 aliphatic rings. The summed E-state index contributed by atoms with van der Waals surface area (Å²) in [6, 6.07) is 0. The molecule has 0 aromatic rings. The molecule has 0 aliphatic carbocycles. The fraction of sp³-hybridized carbons (Fsp3) is 0.833. The predicted molar refractivity (Wildman–Crippen MR) is 34.7 cm³/mol. The second kappa shape index (κ2) is 4.32. The topological polar surface area (TPSA) is 63.3 Å². The van der Waals surface area contributed by atoms with Crippen LogP contribution >= 0.6 is 0 Å². The van der Waals surface area contributed by atoms with Gasteiger partial charge in [0.1, 0.15) is 0 Å². The van der Waals surface area contributed by atoms with Crippen LogP contribution in [-0.4, -0.2) is 17.6 Å². The van der Waals surface area contributed by atoms with Crippen molar-refractivity contribution >= 4 is 5.91 Å². The van der Waals surface area contributed by atoms with Crippen LogP contribution in [0.25, 0.3) is 0 Å². The summed E-state index contributed by atoms with van der Waals surface area (Å²) in [6.45, 7) is 2.01. The van der Waals surface area contributed by atoms with Crippen molar-refractivity contribution in [2.24, 2.45) is 11.7 Å². The first-order valence-corrected chi connectivity index (χ1v) is 3.06. The van der Waals surface area contributed by atoms with Gasteiger partial charge in [0.05, 0.1) is 0 Å².